The molecule has 0 saturated heterocycles. The first-order valence-electron chi connectivity index (χ1n) is 11.4. The molecule has 0 saturated carbocycles. The Balaban J connectivity index is 1.56. The molecule has 6 nitrogen and oxygen atoms in total. The number of imidazole rings is 1. The number of anilines is 2. The Hall–Kier alpha value is -3.38. The molecule has 5 N–H and O–H groups in total. The number of pyridine rings is 1. The molecule has 4 rings (SSSR count). The monoisotopic (exact) mass is 429 g/mol. The average molecular weight is 430 g/mol. The molecule has 2 heterocycles. The highest BCUT2D eigenvalue weighted by Gasteiger charge is 2.14. The lowest BCUT2D eigenvalue weighted by Gasteiger charge is -2.14. The second-order valence-electron chi connectivity index (χ2n) is 8.54. The molecule has 4 aromatic rings. The molecule has 2 aromatic carbocycles. The van der Waals surface area contributed by atoms with Gasteiger partial charge in [0.15, 0.2) is 5.65 Å². The van der Waals surface area contributed by atoms with Gasteiger partial charge in [0.2, 0.25) is 0 Å². The van der Waals surface area contributed by atoms with Crippen LogP contribution >= 0.6 is 0 Å². The lowest BCUT2D eigenvalue weighted by molar-refractivity contribution is -0.415. The fraction of sp³-hybridized carbons (Fsp3) is 0.308. The SMILES string of the molecule is CC[C@@H]([NH3+])CNc1cc(NCc2ccc(-c3ccccc3)cc2)c2ncn(C(C)C)c2n1. The van der Waals surface area contributed by atoms with E-state index in [1.807, 2.05) is 12.4 Å². The highest BCUT2D eigenvalue weighted by Crippen LogP contribution is 2.27. The number of fused-ring (bicyclic) bond motifs is 1. The summed E-state index contributed by atoms with van der Waals surface area (Å²) in [6.45, 7) is 7.96. The Labute approximate surface area is 189 Å². The van der Waals surface area contributed by atoms with Crippen LogP contribution in [-0.2, 0) is 6.54 Å². The first kappa shape index (κ1) is 21.8. The number of hydrogen-bond acceptors (Lipinski definition) is 4. The summed E-state index contributed by atoms with van der Waals surface area (Å²) >= 11 is 0. The van der Waals surface area contributed by atoms with Gasteiger partial charge >= 0.3 is 0 Å². The Bertz CT molecular complexity index is 1150. The van der Waals surface area contributed by atoms with Gasteiger partial charge in [0.05, 0.1) is 18.6 Å². The fourth-order valence-electron chi connectivity index (χ4n) is 3.65. The molecule has 2 aromatic heterocycles. The minimum atomic E-state index is 0.289. The highest BCUT2D eigenvalue weighted by atomic mass is 15.2. The van der Waals surface area contributed by atoms with Gasteiger partial charge in [-0.15, -0.1) is 0 Å². The topological polar surface area (TPSA) is 82.4 Å². The van der Waals surface area contributed by atoms with Crippen LogP contribution in [0.3, 0.4) is 0 Å². The van der Waals surface area contributed by atoms with E-state index in [9.17, 15) is 0 Å². The van der Waals surface area contributed by atoms with E-state index >= 15 is 0 Å². The third-order valence-electron chi connectivity index (χ3n) is 5.78. The molecule has 0 aliphatic carbocycles. The van der Waals surface area contributed by atoms with Crippen molar-refractivity contribution in [3.63, 3.8) is 0 Å². The quantitative estimate of drug-likeness (QED) is 0.359. The van der Waals surface area contributed by atoms with Crippen LogP contribution in [0.4, 0.5) is 11.5 Å². The molecule has 6 heteroatoms. The van der Waals surface area contributed by atoms with E-state index < -0.39 is 0 Å². The van der Waals surface area contributed by atoms with Crippen LogP contribution in [0.2, 0.25) is 0 Å². The number of quaternary nitrogens is 1. The van der Waals surface area contributed by atoms with Gasteiger partial charge in [0, 0.05) is 18.7 Å². The zero-order valence-electron chi connectivity index (χ0n) is 19.2. The minimum Gasteiger partial charge on any atom is -0.379 e. The van der Waals surface area contributed by atoms with E-state index in [2.05, 4.69) is 101 Å². The lowest BCUT2D eigenvalue weighted by atomic mass is 10.0. The van der Waals surface area contributed by atoms with Crippen LogP contribution in [0.25, 0.3) is 22.3 Å². The molecular weight excluding hydrogens is 396 g/mol. The smallest absolute Gasteiger partial charge is 0.164 e. The number of benzene rings is 2. The third kappa shape index (κ3) is 4.92. The van der Waals surface area contributed by atoms with Crippen LogP contribution in [0.15, 0.2) is 67.0 Å². The molecule has 0 aliphatic heterocycles. The molecule has 0 radical (unpaired) electrons. The van der Waals surface area contributed by atoms with E-state index in [0.29, 0.717) is 6.04 Å². The summed E-state index contributed by atoms with van der Waals surface area (Å²) in [5, 5.41) is 7.04. The maximum atomic E-state index is 4.85. The van der Waals surface area contributed by atoms with Crippen LogP contribution < -0.4 is 16.4 Å². The van der Waals surface area contributed by atoms with Crippen LogP contribution in [-0.4, -0.2) is 27.1 Å². The van der Waals surface area contributed by atoms with Crippen LogP contribution in [0, 0.1) is 0 Å². The van der Waals surface area contributed by atoms with Crippen LogP contribution in [0.1, 0.15) is 38.8 Å². The Morgan fingerprint density at radius 3 is 2.38 bits per heavy atom. The van der Waals surface area contributed by atoms with Gasteiger partial charge in [0.1, 0.15) is 17.4 Å². The van der Waals surface area contributed by atoms with Gasteiger partial charge in [-0.05, 0) is 37.0 Å². The van der Waals surface area contributed by atoms with Crippen molar-refractivity contribution >= 4 is 22.7 Å². The summed E-state index contributed by atoms with van der Waals surface area (Å²) < 4.78 is 2.11. The Kier molecular flexibility index (Phi) is 6.71. The molecule has 166 valence electrons. The van der Waals surface area contributed by atoms with Gasteiger partial charge in [0.25, 0.3) is 0 Å². The average Bonchev–Trinajstić information content (AvgIpc) is 3.26. The third-order valence-corrected chi connectivity index (χ3v) is 5.78. The zero-order valence-corrected chi connectivity index (χ0v) is 19.2. The van der Waals surface area contributed by atoms with Crippen molar-refractivity contribution in [3.05, 3.63) is 72.6 Å². The van der Waals surface area contributed by atoms with Crippen molar-refractivity contribution in [2.45, 2.75) is 45.8 Å². The molecule has 0 spiro atoms. The maximum absolute atomic E-state index is 4.85. The zero-order chi connectivity index (χ0) is 22.5. The molecule has 1 atom stereocenters. The Morgan fingerprint density at radius 2 is 1.69 bits per heavy atom. The van der Waals surface area contributed by atoms with Gasteiger partial charge in [-0.3, -0.25) is 0 Å². The summed E-state index contributed by atoms with van der Waals surface area (Å²) in [5.41, 5.74) is 10.6. The standard InChI is InChI=1S/C26H32N6/c1-4-22(27)16-29-24-14-23(25-26(31-24)32(17-30-25)18(2)3)28-15-19-10-12-21(13-11-19)20-8-6-5-7-9-20/h5-14,17-18,22H,4,15-16,27H2,1-3H3,(H2,28,29,31)/p+1/t22-/m1/s1. The number of aromatic nitrogens is 3. The number of rotatable bonds is 9. The molecular formula is C26H33N6+. The van der Waals surface area contributed by atoms with Crippen molar-refractivity contribution in [1.29, 1.82) is 0 Å². The van der Waals surface area contributed by atoms with Crippen molar-refractivity contribution in [1.82, 2.24) is 14.5 Å². The normalized spacial score (nSPS) is 12.3. The lowest BCUT2D eigenvalue weighted by Crippen LogP contribution is -2.63. The predicted molar refractivity (Wildman–Crippen MR) is 133 cm³/mol. The largest absolute Gasteiger partial charge is 0.379 e. The van der Waals surface area contributed by atoms with Crippen molar-refractivity contribution in [3.8, 4) is 11.1 Å². The summed E-state index contributed by atoms with van der Waals surface area (Å²) in [4.78, 5) is 9.50. The summed E-state index contributed by atoms with van der Waals surface area (Å²) in [6.07, 6.45) is 2.91. The van der Waals surface area contributed by atoms with Gasteiger partial charge in [-0.25, -0.2) is 9.97 Å². The van der Waals surface area contributed by atoms with Crippen molar-refractivity contribution < 1.29 is 5.73 Å². The molecule has 0 unspecified atom stereocenters. The number of nitrogens with zero attached hydrogens (tertiary/aromatic N) is 3. The van der Waals surface area contributed by atoms with E-state index in [-0.39, 0.29) is 6.04 Å². The molecule has 0 amide bonds. The summed E-state index contributed by atoms with van der Waals surface area (Å²) in [5.74, 6) is 0.851. The van der Waals surface area contributed by atoms with E-state index in [0.717, 1.165) is 42.2 Å². The summed E-state index contributed by atoms with van der Waals surface area (Å²) in [6, 6.07) is 21.8. The van der Waals surface area contributed by atoms with Crippen LogP contribution in [0.5, 0.6) is 0 Å². The summed E-state index contributed by atoms with van der Waals surface area (Å²) in [7, 11) is 0. The van der Waals surface area contributed by atoms with E-state index in [1.165, 1.54) is 16.7 Å². The fourth-order valence-corrected chi connectivity index (χ4v) is 3.65. The van der Waals surface area contributed by atoms with Crippen molar-refractivity contribution in [2.24, 2.45) is 0 Å². The second kappa shape index (κ2) is 9.83. The van der Waals surface area contributed by atoms with E-state index in [4.69, 9.17) is 4.98 Å². The van der Waals surface area contributed by atoms with Gasteiger partial charge in [-0.1, -0.05) is 61.5 Å². The second-order valence-corrected chi connectivity index (χ2v) is 8.54. The number of nitrogens with one attached hydrogen (secondary N) is 2. The minimum absolute atomic E-state index is 0.289. The molecule has 32 heavy (non-hydrogen) atoms. The van der Waals surface area contributed by atoms with Gasteiger partial charge < -0.3 is 20.9 Å². The molecule has 0 bridgehead atoms. The Morgan fingerprint density at radius 1 is 0.969 bits per heavy atom. The first-order chi connectivity index (χ1) is 15.5. The molecule has 0 aliphatic rings. The maximum Gasteiger partial charge on any atom is 0.164 e. The van der Waals surface area contributed by atoms with Crippen molar-refractivity contribution in [2.75, 3.05) is 17.2 Å². The van der Waals surface area contributed by atoms with Gasteiger partial charge in [-0.2, -0.15) is 0 Å². The molecule has 0 fully saturated rings. The van der Waals surface area contributed by atoms with E-state index in [1.54, 1.807) is 0 Å². The number of hydrogen-bond donors (Lipinski definition) is 3. The highest BCUT2D eigenvalue weighted by molar-refractivity contribution is 5.88. The first-order valence-corrected chi connectivity index (χ1v) is 11.4. The predicted octanol–water partition coefficient (Wildman–Crippen LogP) is 4.72.